The Morgan fingerprint density at radius 1 is 0.565 bits per heavy atom. The molecule has 250 valence electrons. The van der Waals surface area contributed by atoms with Crippen molar-refractivity contribution in [3.63, 3.8) is 0 Å². The topological polar surface area (TPSA) is 58.9 Å². The van der Waals surface area contributed by atoms with Crippen molar-refractivity contribution < 1.29 is 19.7 Å². The lowest BCUT2D eigenvalue weighted by atomic mass is 9.66. The molecule has 0 radical (unpaired) electrons. The monoisotopic (exact) mass is 626 g/mol. The summed E-state index contributed by atoms with van der Waals surface area (Å²) in [5, 5.41) is 19.1. The van der Waals surface area contributed by atoms with Crippen LogP contribution in [-0.4, -0.2) is 36.6 Å². The zero-order valence-electron chi connectivity index (χ0n) is 29.4. The van der Waals surface area contributed by atoms with E-state index in [9.17, 15) is 10.2 Å². The Labute approximate surface area is 278 Å². The van der Waals surface area contributed by atoms with Crippen LogP contribution < -0.4 is 9.47 Å². The summed E-state index contributed by atoms with van der Waals surface area (Å²) < 4.78 is 12.3. The molecule has 3 aromatic carbocycles. The van der Waals surface area contributed by atoms with Crippen LogP contribution in [0.5, 0.6) is 11.5 Å². The van der Waals surface area contributed by atoms with Crippen LogP contribution in [0, 0.1) is 13.8 Å². The van der Waals surface area contributed by atoms with Gasteiger partial charge in [0, 0.05) is 10.8 Å². The summed E-state index contributed by atoms with van der Waals surface area (Å²) in [6.07, 6.45) is 12.5. The Kier molecular flexibility index (Phi) is 11.2. The van der Waals surface area contributed by atoms with E-state index in [2.05, 4.69) is 90.1 Å². The summed E-state index contributed by atoms with van der Waals surface area (Å²) in [6, 6.07) is 18.4. The Balaban J connectivity index is 1.60. The van der Waals surface area contributed by atoms with Gasteiger partial charge in [0.1, 0.15) is 24.7 Å². The van der Waals surface area contributed by atoms with Crippen molar-refractivity contribution in [1.82, 2.24) is 0 Å². The SMILES string of the molecule is Cc1cc(OCCO)c(C2CCCCC2)cc1C(C)(C)c1ccccc1C(C)(C)c1cc(C2CCCCC2)c(OCCO)cc1C. The van der Waals surface area contributed by atoms with Crippen LogP contribution in [0.25, 0.3) is 0 Å². The average molecular weight is 627 g/mol. The Hall–Kier alpha value is -2.82. The maximum absolute atomic E-state index is 9.55. The molecule has 0 amide bonds. The number of ether oxygens (including phenoxy) is 2. The number of hydrogen-bond acceptors (Lipinski definition) is 4. The third kappa shape index (κ3) is 7.19. The maximum atomic E-state index is 9.55. The molecule has 3 aromatic rings. The van der Waals surface area contributed by atoms with Crippen molar-refractivity contribution in [2.45, 2.75) is 128 Å². The highest BCUT2D eigenvalue weighted by Gasteiger charge is 2.36. The lowest BCUT2D eigenvalue weighted by Crippen LogP contribution is -2.29. The van der Waals surface area contributed by atoms with Crippen molar-refractivity contribution in [1.29, 1.82) is 0 Å². The van der Waals surface area contributed by atoms with Gasteiger partial charge in [-0.3, -0.25) is 0 Å². The summed E-state index contributed by atoms with van der Waals surface area (Å²) in [5.41, 5.74) is 9.97. The predicted octanol–water partition coefficient (Wildman–Crippen LogP) is 9.79. The minimum atomic E-state index is -0.249. The molecule has 0 unspecified atom stereocenters. The van der Waals surface area contributed by atoms with Gasteiger partial charge in [-0.25, -0.2) is 0 Å². The van der Waals surface area contributed by atoms with Crippen molar-refractivity contribution in [3.8, 4) is 11.5 Å². The minimum absolute atomic E-state index is 0.0231. The highest BCUT2D eigenvalue weighted by molar-refractivity contribution is 5.56. The van der Waals surface area contributed by atoms with E-state index in [0.717, 1.165) is 11.5 Å². The molecule has 0 aliphatic heterocycles. The van der Waals surface area contributed by atoms with E-state index in [-0.39, 0.29) is 24.0 Å². The van der Waals surface area contributed by atoms with Crippen LogP contribution in [-0.2, 0) is 10.8 Å². The average Bonchev–Trinajstić information content (AvgIpc) is 3.07. The van der Waals surface area contributed by atoms with Crippen LogP contribution in [0.15, 0.2) is 48.5 Å². The van der Waals surface area contributed by atoms with Gasteiger partial charge in [-0.2, -0.15) is 0 Å². The lowest BCUT2D eigenvalue weighted by molar-refractivity contribution is 0.199. The number of aryl methyl sites for hydroxylation is 2. The van der Waals surface area contributed by atoms with Gasteiger partial charge in [0.2, 0.25) is 0 Å². The molecule has 0 heterocycles. The zero-order chi connectivity index (χ0) is 32.9. The van der Waals surface area contributed by atoms with Crippen molar-refractivity contribution in [2.75, 3.05) is 26.4 Å². The van der Waals surface area contributed by atoms with Gasteiger partial charge in [-0.15, -0.1) is 0 Å². The fraction of sp³-hybridized carbons (Fsp3) is 0.571. The molecule has 46 heavy (non-hydrogen) atoms. The van der Waals surface area contributed by atoms with E-state index in [1.807, 2.05) is 0 Å². The molecule has 4 heteroatoms. The minimum Gasteiger partial charge on any atom is -0.491 e. The van der Waals surface area contributed by atoms with Crippen LogP contribution in [0.2, 0.25) is 0 Å². The first-order valence-corrected chi connectivity index (χ1v) is 18.0. The quantitative estimate of drug-likeness (QED) is 0.210. The number of aliphatic hydroxyl groups is 2. The number of hydrogen-bond donors (Lipinski definition) is 2. The summed E-state index contributed by atoms with van der Waals surface area (Å²) in [5.74, 6) is 2.88. The van der Waals surface area contributed by atoms with Crippen molar-refractivity contribution in [2.24, 2.45) is 0 Å². The Bertz CT molecular complexity index is 1350. The van der Waals surface area contributed by atoms with Gasteiger partial charge in [0.25, 0.3) is 0 Å². The second kappa shape index (κ2) is 14.9. The van der Waals surface area contributed by atoms with Crippen molar-refractivity contribution in [3.05, 3.63) is 93.0 Å². The van der Waals surface area contributed by atoms with E-state index < -0.39 is 0 Å². The van der Waals surface area contributed by atoms with E-state index in [0.29, 0.717) is 25.0 Å². The van der Waals surface area contributed by atoms with Crippen LogP contribution in [0.1, 0.15) is 148 Å². The van der Waals surface area contributed by atoms with Crippen LogP contribution in [0.4, 0.5) is 0 Å². The van der Waals surface area contributed by atoms with Crippen molar-refractivity contribution >= 4 is 0 Å². The highest BCUT2D eigenvalue weighted by atomic mass is 16.5. The summed E-state index contributed by atoms with van der Waals surface area (Å²) in [7, 11) is 0. The molecule has 0 aromatic heterocycles. The molecule has 2 aliphatic rings. The molecular formula is C42H58O4. The molecule has 0 bridgehead atoms. The lowest BCUT2D eigenvalue weighted by Gasteiger charge is -2.38. The summed E-state index contributed by atoms with van der Waals surface area (Å²) in [4.78, 5) is 0. The van der Waals surface area contributed by atoms with Crippen LogP contribution in [0.3, 0.4) is 0 Å². The van der Waals surface area contributed by atoms with Gasteiger partial charge in [-0.05, 0) is 108 Å². The molecular weight excluding hydrogens is 568 g/mol. The molecule has 4 nitrogen and oxygen atoms in total. The Morgan fingerprint density at radius 3 is 1.28 bits per heavy atom. The smallest absolute Gasteiger partial charge is 0.123 e. The second-order valence-corrected chi connectivity index (χ2v) is 15.0. The van der Waals surface area contributed by atoms with Gasteiger partial charge in [-0.1, -0.05) is 103 Å². The zero-order valence-corrected chi connectivity index (χ0v) is 29.4. The fourth-order valence-electron chi connectivity index (χ4n) is 8.63. The number of benzene rings is 3. The van der Waals surface area contributed by atoms with Gasteiger partial charge < -0.3 is 19.7 Å². The molecule has 0 atom stereocenters. The van der Waals surface area contributed by atoms with Gasteiger partial charge >= 0.3 is 0 Å². The normalized spacial score (nSPS) is 16.9. The maximum Gasteiger partial charge on any atom is 0.123 e. The van der Waals surface area contributed by atoms with E-state index >= 15 is 0 Å². The van der Waals surface area contributed by atoms with Gasteiger partial charge in [0.15, 0.2) is 0 Å². The standard InChI is InChI=1S/C42H58O4/c1-29-25-39(45-23-21-43)33(31-15-9-7-10-16-31)27-37(29)41(3,4)35-19-13-14-20-36(35)42(5,6)38-28-34(32-17-11-8-12-18-32)40(26-30(38)2)46-24-22-44/h13-14,19-20,25-28,31-32,43-44H,7-12,15-18,21-24H2,1-6H3. The first-order valence-electron chi connectivity index (χ1n) is 18.0. The second-order valence-electron chi connectivity index (χ2n) is 15.0. The molecule has 5 rings (SSSR count). The predicted molar refractivity (Wildman–Crippen MR) is 190 cm³/mol. The first-order chi connectivity index (χ1) is 22.1. The molecule has 0 saturated heterocycles. The molecule has 2 N–H and O–H groups in total. The third-order valence-electron chi connectivity index (χ3n) is 11.1. The van der Waals surface area contributed by atoms with E-state index in [4.69, 9.17) is 9.47 Å². The third-order valence-corrected chi connectivity index (χ3v) is 11.1. The van der Waals surface area contributed by atoms with E-state index in [1.54, 1.807) is 0 Å². The fourth-order valence-corrected chi connectivity index (χ4v) is 8.63. The van der Waals surface area contributed by atoms with Gasteiger partial charge in [0.05, 0.1) is 13.2 Å². The summed E-state index contributed by atoms with van der Waals surface area (Å²) in [6.45, 7) is 14.7. The largest absolute Gasteiger partial charge is 0.491 e. The number of aliphatic hydroxyl groups excluding tert-OH is 2. The molecule has 2 aliphatic carbocycles. The molecule has 2 saturated carbocycles. The summed E-state index contributed by atoms with van der Waals surface area (Å²) >= 11 is 0. The first kappa shape index (κ1) is 34.5. The van der Waals surface area contributed by atoms with E-state index in [1.165, 1.54) is 109 Å². The number of rotatable bonds is 12. The molecule has 0 spiro atoms. The Morgan fingerprint density at radius 2 is 0.935 bits per heavy atom. The highest BCUT2D eigenvalue weighted by Crippen LogP contribution is 2.48. The molecule has 2 fully saturated rings. The van der Waals surface area contributed by atoms with Crippen LogP contribution >= 0.6 is 0 Å².